The van der Waals surface area contributed by atoms with Crippen molar-refractivity contribution in [2.75, 3.05) is 6.61 Å². The zero-order valence-electron chi connectivity index (χ0n) is 7.52. The van der Waals surface area contributed by atoms with Crippen LogP contribution in [-0.4, -0.2) is 26.5 Å². The van der Waals surface area contributed by atoms with E-state index in [1.54, 1.807) is 0 Å². The average molecular weight is 192 g/mol. The van der Waals surface area contributed by atoms with Gasteiger partial charge in [-0.1, -0.05) is 0 Å². The molecule has 0 amide bonds. The van der Waals surface area contributed by atoms with Gasteiger partial charge in [0.25, 0.3) is 5.56 Å². The van der Waals surface area contributed by atoms with Crippen molar-refractivity contribution in [2.45, 2.75) is 6.92 Å². The zero-order valence-corrected chi connectivity index (χ0v) is 7.52. The molecule has 0 bridgehead atoms. The quantitative estimate of drug-likeness (QED) is 0.730. The third kappa shape index (κ3) is 1.54. The molecule has 2 aromatic heterocycles. The number of rotatable bonds is 2. The van der Waals surface area contributed by atoms with Gasteiger partial charge in [0.1, 0.15) is 5.52 Å². The molecule has 6 nitrogen and oxygen atoms in total. The molecule has 2 aromatic rings. The van der Waals surface area contributed by atoms with E-state index in [1.165, 1.54) is 12.4 Å². The molecule has 72 valence electrons. The number of nitrogens with zero attached hydrogens (tertiary/aromatic N) is 3. The van der Waals surface area contributed by atoms with Crippen molar-refractivity contribution in [1.82, 2.24) is 19.9 Å². The maximum absolute atomic E-state index is 10.9. The molecule has 0 aromatic carbocycles. The van der Waals surface area contributed by atoms with E-state index in [-0.39, 0.29) is 11.6 Å². The van der Waals surface area contributed by atoms with Crippen molar-refractivity contribution in [2.24, 2.45) is 0 Å². The summed E-state index contributed by atoms with van der Waals surface area (Å²) in [5.41, 5.74) is 0.627. The van der Waals surface area contributed by atoms with Crippen LogP contribution in [-0.2, 0) is 0 Å². The lowest BCUT2D eigenvalue weighted by atomic mass is 10.5. The minimum Gasteiger partial charge on any atom is -0.464 e. The van der Waals surface area contributed by atoms with Crippen molar-refractivity contribution >= 4 is 11.2 Å². The molecule has 0 atom stereocenters. The van der Waals surface area contributed by atoms with Crippen molar-refractivity contribution in [3.63, 3.8) is 0 Å². The first-order chi connectivity index (χ1) is 6.79. The van der Waals surface area contributed by atoms with Crippen LogP contribution in [0.25, 0.3) is 11.2 Å². The molecule has 0 fully saturated rings. The fourth-order valence-corrected chi connectivity index (χ4v) is 1.02. The smallest absolute Gasteiger partial charge is 0.318 e. The van der Waals surface area contributed by atoms with Gasteiger partial charge in [0, 0.05) is 0 Å². The molecule has 0 unspecified atom stereocenters. The normalized spacial score (nSPS) is 10.4. The Morgan fingerprint density at radius 1 is 1.43 bits per heavy atom. The van der Waals surface area contributed by atoms with Gasteiger partial charge < -0.3 is 9.72 Å². The molecular weight excluding hydrogens is 184 g/mol. The topological polar surface area (TPSA) is 80.8 Å². The monoisotopic (exact) mass is 192 g/mol. The lowest BCUT2D eigenvalue weighted by molar-refractivity contribution is 0.313. The Bertz CT molecular complexity index is 508. The van der Waals surface area contributed by atoms with Gasteiger partial charge in [-0.25, -0.2) is 9.97 Å². The minimum absolute atomic E-state index is 0.239. The Hall–Kier alpha value is -1.98. The molecule has 0 spiro atoms. The Balaban J connectivity index is 2.58. The van der Waals surface area contributed by atoms with Gasteiger partial charge in [0.2, 0.25) is 0 Å². The highest BCUT2D eigenvalue weighted by molar-refractivity contribution is 5.67. The van der Waals surface area contributed by atoms with E-state index in [4.69, 9.17) is 4.74 Å². The number of hydrogen-bond acceptors (Lipinski definition) is 5. The SMILES string of the molecule is CCOc1ncc2ncc(=O)[nH]c2n1. The van der Waals surface area contributed by atoms with Crippen LogP contribution in [0.3, 0.4) is 0 Å². The largest absolute Gasteiger partial charge is 0.464 e. The van der Waals surface area contributed by atoms with Crippen LogP contribution < -0.4 is 10.3 Å². The Kier molecular flexibility index (Phi) is 2.10. The number of ether oxygens (including phenoxy) is 1. The molecule has 0 saturated heterocycles. The van der Waals surface area contributed by atoms with E-state index in [0.29, 0.717) is 17.8 Å². The summed E-state index contributed by atoms with van der Waals surface area (Å²) < 4.78 is 5.08. The van der Waals surface area contributed by atoms with Crippen molar-refractivity contribution in [3.05, 3.63) is 22.7 Å². The van der Waals surface area contributed by atoms with E-state index >= 15 is 0 Å². The standard InChI is InChI=1S/C8H8N4O2/c1-2-14-8-10-3-5-7(12-8)11-6(13)4-9-5/h3-4H,2H2,1H3,(H,10,11,12,13). The summed E-state index contributed by atoms with van der Waals surface area (Å²) in [6, 6.07) is 0.239. The number of aromatic amines is 1. The molecule has 0 aliphatic carbocycles. The molecule has 6 heteroatoms. The van der Waals surface area contributed by atoms with E-state index in [0.717, 1.165) is 0 Å². The molecule has 0 aliphatic rings. The predicted octanol–water partition coefficient (Wildman–Crippen LogP) is 0.112. The highest BCUT2D eigenvalue weighted by atomic mass is 16.5. The van der Waals surface area contributed by atoms with Gasteiger partial charge >= 0.3 is 6.01 Å². The molecule has 1 N–H and O–H groups in total. The average Bonchev–Trinajstić information content (AvgIpc) is 2.17. The molecular formula is C8H8N4O2. The third-order valence-corrected chi connectivity index (χ3v) is 1.58. The van der Waals surface area contributed by atoms with Crippen LogP contribution in [0.1, 0.15) is 6.92 Å². The molecule has 2 heterocycles. The minimum atomic E-state index is -0.293. The first-order valence-electron chi connectivity index (χ1n) is 4.14. The van der Waals surface area contributed by atoms with Crippen molar-refractivity contribution in [1.29, 1.82) is 0 Å². The fourth-order valence-electron chi connectivity index (χ4n) is 1.02. The number of nitrogens with one attached hydrogen (secondary N) is 1. The second kappa shape index (κ2) is 3.41. The van der Waals surface area contributed by atoms with E-state index in [2.05, 4.69) is 19.9 Å². The van der Waals surface area contributed by atoms with Gasteiger partial charge in [-0.3, -0.25) is 4.79 Å². The zero-order chi connectivity index (χ0) is 9.97. The summed E-state index contributed by atoms with van der Waals surface area (Å²) in [6.45, 7) is 2.32. The van der Waals surface area contributed by atoms with Crippen LogP contribution in [0.15, 0.2) is 17.2 Å². The molecule has 0 aliphatic heterocycles. The van der Waals surface area contributed by atoms with Crippen LogP contribution >= 0.6 is 0 Å². The van der Waals surface area contributed by atoms with Crippen molar-refractivity contribution in [3.8, 4) is 6.01 Å². The third-order valence-electron chi connectivity index (χ3n) is 1.58. The van der Waals surface area contributed by atoms with E-state index < -0.39 is 0 Å². The van der Waals surface area contributed by atoms with Gasteiger partial charge in [-0.2, -0.15) is 4.98 Å². The summed E-state index contributed by atoms with van der Waals surface area (Å²) in [5.74, 6) is 0. The lowest BCUT2D eigenvalue weighted by Gasteiger charge is -2.00. The Morgan fingerprint density at radius 3 is 3.07 bits per heavy atom. The maximum Gasteiger partial charge on any atom is 0.318 e. The fraction of sp³-hybridized carbons (Fsp3) is 0.250. The number of H-pyrrole nitrogens is 1. The molecule has 0 radical (unpaired) electrons. The second-order valence-electron chi connectivity index (χ2n) is 2.57. The summed E-state index contributed by atoms with van der Waals surface area (Å²) in [5, 5.41) is 0. The number of fused-ring (bicyclic) bond motifs is 1. The van der Waals surface area contributed by atoms with Crippen LogP contribution in [0.4, 0.5) is 0 Å². The second-order valence-corrected chi connectivity index (χ2v) is 2.57. The van der Waals surface area contributed by atoms with Gasteiger partial charge in [0.05, 0.1) is 19.0 Å². The van der Waals surface area contributed by atoms with Crippen LogP contribution in [0.2, 0.25) is 0 Å². The predicted molar refractivity (Wildman–Crippen MR) is 49.1 cm³/mol. The van der Waals surface area contributed by atoms with Crippen LogP contribution in [0.5, 0.6) is 6.01 Å². The first-order valence-corrected chi connectivity index (χ1v) is 4.14. The summed E-state index contributed by atoms with van der Waals surface area (Å²) in [6.07, 6.45) is 2.69. The molecule has 14 heavy (non-hydrogen) atoms. The maximum atomic E-state index is 10.9. The Morgan fingerprint density at radius 2 is 2.29 bits per heavy atom. The summed E-state index contributed by atoms with van der Waals surface area (Å²) in [7, 11) is 0. The summed E-state index contributed by atoms with van der Waals surface area (Å²) in [4.78, 5) is 25.2. The van der Waals surface area contributed by atoms with Gasteiger partial charge in [-0.15, -0.1) is 0 Å². The van der Waals surface area contributed by atoms with Gasteiger partial charge in [-0.05, 0) is 6.92 Å². The summed E-state index contributed by atoms with van der Waals surface area (Å²) >= 11 is 0. The molecule has 2 rings (SSSR count). The Labute approximate surface area is 79.0 Å². The number of aromatic nitrogens is 4. The first kappa shape index (κ1) is 8.61. The van der Waals surface area contributed by atoms with E-state index in [9.17, 15) is 4.79 Å². The van der Waals surface area contributed by atoms with E-state index in [1.807, 2.05) is 6.92 Å². The highest BCUT2D eigenvalue weighted by Crippen LogP contribution is 2.06. The highest BCUT2D eigenvalue weighted by Gasteiger charge is 2.01. The van der Waals surface area contributed by atoms with Crippen LogP contribution in [0, 0.1) is 0 Å². The van der Waals surface area contributed by atoms with Crippen molar-refractivity contribution < 1.29 is 4.74 Å². The lowest BCUT2D eigenvalue weighted by Crippen LogP contribution is -2.07. The number of hydrogen-bond donors (Lipinski definition) is 1. The molecule has 0 saturated carbocycles. The van der Waals surface area contributed by atoms with Gasteiger partial charge in [0.15, 0.2) is 5.65 Å².